The van der Waals surface area contributed by atoms with E-state index < -0.39 is 0 Å². The number of nitrogens with zero attached hydrogens (tertiary/aromatic N) is 1. The summed E-state index contributed by atoms with van der Waals surface area (Å²) in [5.41, 5.74) is 3.63. The highest BCUT2D eigenvalue weighted by Crippen LogP contribution is 2.23. The molecule has 0 bridgehead atoms. The summed E-state index contributed by atoms with van der Waals surface area (Å²) in [6.07, 6.45) is 2.07. The molecule has 0 unspecified atom stereocenters. The monoisotopic (exact) mass is 411 g/mol. The van der Waals surface area contributed by atoms with Crippen LogP contribution in [-0.4, -0.2) is 30.7 Å². The van der Waals surface area contributed by atoms with E-state index in [4.69, 9.17) is 0 Å². The van der Waals surface area contributed by atoms with E-state index in [0.29, 0.717) is 13.1 Å². The zero-order valence-corrected chi connectivity index (χ0v) is 18.2. The van der Waals surface area contributed by atoms with E-state index in [2.05, 4.69) is 84.5 Å². The molecule has 3 aromatic rings. The lowest BCUT2D eigenvalue weighted by molar-refractivity contribution is -0.676. The van der Waals surface area contributed by atoms with E-state index >= 15 is 0 Å². The third-order valence-electron chi connectivity index (χ3n) is 4.82. The number of thiophene rings is 1. The van der Waals surface area contributed by atoms with Crippen molar-refractivity contribution in [1.29, 1.82) is 0 Å². The smallest absolute Gasteiger partial charge is 0.277 e. The van der Waals surface area contributed by atoms with Crippen LogP contribution in [0.25, 0.3) is 0 Å². The summed E-state index contributed by atoms with van der Waals surface area (Å²) in [5, 5.41) is 4.24. The van der Waals surface area contributed by atoms with Crippen LogP contribution in [-0.2, 0) is 11.3 Å². The summed E-state index contributed by atoms with van der Waals surface area (Å²) in [6, 6.07) is 21.4. The van der Waals surface area contributed by atoms with Crippen molar-refractivity contribution in [3.63, 3.8) is 0 Å². The summed E-state index contributed by atoms with van der Waals surface area (Å²) in [4.78, 5) is 17.0. The number of amides is 1. The molecule has 5 heteroatoms. The molecule has 146 valence electrons. The first-order valence-corrected chi connectivity index (χ1v) is 11.5. The first kappa shape index (κ1) is 20.6. The van der Waals surface area contributed by atoms with Crippen molar-refractivity contribution < 1.29 is 10.1 Å². The van der Waals surface area contributed by atoms with Gasteiger partial charge in [0.05, 0.1) is 4.88 Å². The number of benzene rings is 2. The van der Waals surface area contributed by atoms with Crippen LogP contribution in [0.1, 0.15) is 27.6 Å². The number of carbonyl (C=O) groups excluding carboxylic acids is 1. The summed E-state index contributed by atoms with van der Waals surface area (Å²) in [7, 11) is 1.88. The quantitative estimate of drug-likeness (QED) is 0.567. The second kappa shape index (κ2) is 9.92. The fourth-order valence-electron chi connectivity index (χ4n) is 3.13. The first-order chi connectivity index (χ1) is 13.6. The molecule has 0 fully saturated rings. The second-order valence-corrected chi connectivity index (χ2v) is 8.80. The minimum absolute atomic E-state index is 0.141. The fraction of sp³-hybridized carbons (Fsp3) is 0.261. The van der Waals surface area contributed by atoms with Gasteiger partial charge in [-0.05, 0) is 42.3 Å². The maximum absolute atomic E-state index is 12.7. The molecule has 3 nitrogen and oxygen atoms in total. The summed E-state index contributed by atoms with van der Waals surface area (Å²) < 4.78 is 0. The molecular formula is C23H27N2OS2+. The number of aryl methyl sites for hydroxylation is 1. The number of hydrogen-bond donors (Lipinski definition) is 1. The Morgan fingerprint density at radius 2 is 1.82 bits per heavy atom. The second-order valence-electron chi connectivity index (χ2n) is 6.94. The van der Waals surface area contributed by atoms with Gasteiger partial charge >= 0.3 is 0 Å². The maximum atomic E-state index is 12.7. The average Bonchev–Trinajstić information content (AvgIpc) is 3.24. The minimum atomic E-state index is 0.141. The van der Waals surface area contributed by atoms with Crippen LogP contribution in [0.5, 0.6) is 0 Å². The van der Waals surface area contributed by atoms with Crippen LogP contribution in [0, 0.1) is 6.92 Å². The lowest BCUT2D eigenvalue weighted by Crippen LogP contribution is -2.87. The van der Waals surface area contributed by atoms with Gasteiger partial charge in [0.2, 0.25) is 0 Å². The van der Waals surface area contributed by atoms with Crippen molar-refractivity contribution in [3.05, 3.63) is 87.6 Å². The predicted octanol–water partition coefficient (Wildman–Crippen LogP) is 4.09. The van der Waals surface area contributed by atoms with E-state index in [0.717, 1.165) is 5.56 Å². The third kappa shape index (κ3) is 5.47. The number of hydrogen-bond acceptors (Lipinski definition) is 3. The largest absolute Gasteiger partial charge is 0.337 e. The van der Waals surface area contributed by atoms with Crippen molar-refractivity contribution in [2.45, 2.75) is 24.4 Å². The van der Waals surface area contributed by atoms with E-state index in [1.165, 1.54) is 20.9 Å². The molecule has 1 amide bonds. The van der Waals surface area contributed by atoms with Gasteiger partial charge in [-0.3, -0.25) is 4.79 Å². The van der Waals surface area contributed by atoms with Gasteiger partial charge in [-0.1, -0.05) is 48.0 Å². The predicted molar refractivity (Wildman–Crippen MR) is 119 cm³/mol. The SMILES string of the molecule is CSc1ccc(CN(C)C(=O)C[NH2+][C@@H](c2ccc(C)cc2)c2cccs2)cc1. The summed E-state index contributed by atoms with van der Waals surface area (Å²) >= 11 is 3.46. The Morgan fingerprint density at radius 3 is 2.43 bits per heavy atom. The molecule has 0 radical (unpaired) electrons. The Balaban J connectivity index is 1.63. The van der Waals surface area contributed by atoms with E-state index in [1.807, 2.05) is 11.9 Å². The number of thioether (sulfide) groups is 1. The molecule has 0 saturated heterocycles. The molecule has 1 atom stereocenters. The van der Waals surface area contributed by atoms with Gasteiger partial charge in [-0.25, -0.2) is 0 Å². The van der Waals surface area contributed by atoms with Gasteiger partial charge in [0.25, 0.3) is 5.91 Å². The molecule has 1 heterocycles. The topological polar surface area (TPSA) is 36.9 Å². The number of rotatable bonds is 8. The highest BCUT2D eigenvalue weighted by Gasteiger charge is 2.21. The molecule has 0 saturated carbocycles. The van der Waals surface area contributed by atoms with Gasteiger partial charge < -0.3 is 10.2 Å². The minimum Gasteiger partial charge on any atom is -0.337 e. The molecule has 0 aliphatic rings. The molecule has 2 aromatic carbocycles. The Labute approximate surface area is 175 Å². The van der Waals surface area contributed by atoms with E-state index in [9.17, 15) is 4.79 Å². The molecule has 0 aliphatic carbocycles. The van der Waals surface area contributed by atoms with Crippen molar-refractivity contribution in [2.24, 2.45) is 0 Å². The molecule has 2 N–H and O–H groups in total. The molecular weight excluding hydrogens is 384 g/mol. The van der Waals surface area contributed by atoms with Gasteiger partial charge in [-0.2, -0.15) is 0 Å². The Morgan fingerprint density at radius 1 is 1.11 bits per heavy atom. The first-order valence-electron chi connectivity index (χ1n) is 9.37. The third-order valence-corrected chi connectivity index (χ3v) is 6.52. The Hall–Kier alpha value is -2.08. The number of quaternary nitrogens is 1. The lowest BCUT2D eigenvalue weighted by Gasteiger charge is -2.19. The zero-order valence-electron chi connectivity index (χ0n) is 16.6. The number of nitrogens with two attached hydrogens (primary N) is 1. The number of carbonyl (C=O) groups is 1. The van der Waals surface area contributed by atoms with Crippen LogP contribution >= 0.6 is 23.1 Å². The lowest BCUT2D eigenvalue weighted by atomic mass is 10.0. The fourth-order valence-corrected chi connectivity index (χ4v) is 4.38. The van der Waals surface area contributed by atoms with Gasteiger partial charge in [-0.15, -0.1) is 23.1 Å². The van der Waals surface area contributed by atoms with Crippen molar-refractivity contribution in [3.8, 4) is 0 Å². The molecule has 0 spiro atoms. The van der Waals surface area contributed by atoms with Crippen LogP contribution in [0.4, 0.5) is 0 Å². The summed E-state index contributed by atoms with van der Waals surface area (Å²) in [5.74, 6) is 0.141. The van der Waals surface area contributed by atoms with Gasteiger partial charge in [0.1, 0.15) is 6.04 Å². The summed E-state index contributed by atoms with van der Waals surface area (Å²) in [6.45, 7) is 3.16. The van der Waals surface area contributed by atoms with Gasteiger partial charge in [0.15, 0.2) is 6.54 Å². The van der Waals surface area contributed by atoms with E-state index in [1.54, 1.807) is 23.1 Å². The highest BCUT2D eigenvalue weighted by atomic mass is 32.2. The number of likely N-dealkylation sites (N-methyl/N-ethyl adjacent to an activating group) is 1. The average molecular weight is 412 g/mol. The standard InChI is InChI=1S/C23H26N2OS2/c1-17-6-10-19(11-7-17)23(21-5-4-14-28-21)24-15-22(26)25(2)16-18-8-12-20(27-3)13-9-18/h4-14,23-24H,15-16H2,1-3H3/p+1/t23-/m0/s1. The van der Waals surface area contributed by atoms with Crippen molar-refractivity contribution >= 4 is 29.0 Å². The zero-order chi connectivity index (χ0) is 19.9. The van der Waals surface area contributed by atoms with Crippen LogP contribution in [0.2, 0.25) is 0 Å². The maximum Gasteiger partial charge on any atom is 0.277 e. The Kier molecular flexibility index (Phi) is 7.31. The Bertz CT molecular complexity index is 874. The van der Waals surface area contributed by atoms with Gasteiger partial charge in [0, 0.05) is 24.1 Å². The van der Waals surface area contributed by atoms with Crippen LogP contribution < -0.4 is 5.32 Å². The van der Waals surface area contributed by atoms with E-state index in [-0.39, 0.29) is 11.9 Å². The molecule has 1 aromatic heterocycles. The highest BCUT2D eigenvalue weighted by molar-refractivity contribution is 7.98. The van der Waals surface area contributed by atoms with Crippen LogP contribution in [0.15, 0.2) is 70.9 Å². The van der Waals surface area contributed by atoms with Crippen molar-refractivity contribution in [2.75, 3.05) is 19.8 Å². The normalized spacial score (nSPS) is 12.0. The van der Waals surface area contributed by atoms with Crippen LogP contribution in [0.3, 0.4) is 0 Å². The molecule has 3 rings (SSSR count). The molecule has 0 aliphatic heterocycles. The van der Waals surface area contributed by atoms with Crippen molar-refractivity contribution in [1.82, 2.24) is 4.90 Å². The molecule has 28 heavy (non-hydrogen) atoms.